The number of aromatic nitrogens is 2. The van der Waals surface area contributed by atoms with Gasteiger partial charge in [-0.15, -0.1) is 10.2 Å². The molecule has 0 atom stereocenters. The smallest absolute Gasteiger partial charge is 0.300 e. The van der Waals surface area contributed by atoms with Crippen LogP contribution in [0.3, 0.4) is 0 Å². The number of nitrogens with zero attached hydrogens (tertiary/aromatic N) is 3. The van der Waals surface area contributed by atoms with Crippen molar-refractivity contribution in [2.45, 2.75) is 24.6 Å². The molecular formula is C22H17N3O3S. The summed E-state index contributed by atoms with van der Waals surface area (Å²) in [5.41, 5.74) is 3.40. The molecule has 0 N–H and O–H groups in total. The van der Waals surface area contributed by atoms with Crippen LogP contribution in [0.1, 0.15) is 29.8 Å². The fourth-order valence-corrected chi connectivity index (χ4v) is 4.64. The fourth-order valence-electron chi connectivity index (χ4n) is 3.89. The Hall–Kier alpha value is -3.19. The van der Waals surface area contributed by atoms with E-state index < -0.39 is 17.2 Å². The molecule has 2 aromatic carbocycles. The summed E-state index contributed by atoms with van der Waals surface area (Å²) in [5, 5.41) is 8.74. The van der Waals surface area contributed by atoms with Gasteiger partial charge in [0.25, 0.3) is 16.9 Å². The highest BCUT2D eigenvalue weighted by molar-refractivity contribution is 7.99. The van der Waals surface area contributed by atoms with E-state index in [0.717, 1.165) is 16.7 Å². The minimum absolute atomic E-state index is 0.443. The first-order valence-electron chi connectivity index (χ1n) is 9.21. The molecule has 5 rings (SSSR count). The number of benzene rings is 2. The van der Waals surface area contributed by atoms with E-state index in [1.165, 1.54) is 11.8 Å². The first-order chi connectivity index (χ1) is 14.0. The summed E-state index contributed by atoms with van der Waals surface area (Å²) in [6, 6.07) is 15.1. The monoisotopic (exact) mass is 403 g/mol. The average Bonchev–Trinajstić information content (AvgIpc) is 3.29. The van der Waals surface area contributed by atoms with Crippen LogP contribution in [-0.2, 0) is 4.79 Å². The number of Topliss-reactive ketones (excluding diaryl/α,β-unsaturated/α-hetero) is 1. The summed E-state index contributed by atoms with van der Waals surface area (Å²) in [6.07, 6.45) is 2.04. The Kier molecular flexibility index (Phi) is 3.96. The number of thioether (sulfide) groups is 1. The number of amides is 1. The van der Waals surface area contributed by atoms with Gasteiger partial charge in [-0.25, -0.2) is 0 Å². The number of rotatable bonds is 4. The van der Waals surface area contributed by atoms with Gasteiger partial charge in [0.1, 0.15) is 0 Å². The first-order valence-corrected chi connectivity index (χ1v) is 10.2. The maximum Gasteiger partial charge on any atom is 0.300 e. The van der Waals surface area contributed by atoms with Crippen LogP contribution in [0.25, 0.3) is 17.0 Å². The van der Waals surface area contributed by atoms with Gasteiger partial charge in [-0.05, 0) is 37.6 Å². The van der Waals surface area contributed by atoms with E-state index in [0.29, 0.717) is 28.1 Å². The molecule has 1 amide bonds. The van der Waals surface area contributed by atoms with Crippen LogP contribution in [0.2, 0.25) is 0 Å². The van der Waals surface area contributed by atoms with Gasteiger partial charge in [-0.1, -0.05) is 48.2 Å². The lowest BCUT2D eigenvalue weighted by atomic mass is 9.89. The van der Waals surface area contributed by atoms with Gasteiger partial charge < -0.3 is 4.42 Å². The van der Waals surface area contributed by atoms with Crippen molar-refractivity contribution in [3.63, 3.8) is 0 Å². The highest BCUT2D eigenvalue weighted by Gasteiger charge is 2.46. The Labute approximate surface area is 171 Å². The zero-order valence-corrected chi connectivity index (χ0v) is 16.7. The van der Waals surface area contributed by atoms with E-state index in [1.807, 2.05) is 62.4 Å². The highest BCUT2D eigenvalue weighted by Crippen LogP contribution is 2.46. The Bertz CT molecular complexity index is 1180. The fraction of sp³-hybridized carbons (Fsp3) is 0.182. The van der Waals surface area contributed by atoms with Gasteiger partial charge >= 0.3 is 0 Å². The molecule has 0 fully saturated rings. The summed E-state index contributed by atoms with van der Waals surface area (Å²) in [5.74, 6) is 0.160. The second-order valence-electron chi connectivity index (χ2n) is 7.52. The van der Waals surface area contributed by atoms with Gasteiger partial charge in [-0.2, -0.15) is 0 Å². The molecule has 3 heterocycles. The Morgan fingerprint density at radius 1 is 1.00 bits per heavy atom. The summed E-state index contributed by atoms with van der Waals surface area (Å²) in [6.45, 7) is 3.88. The molecule has 2 aliphatic heterocycles. The molecule has 2 aliphatic rings. The van der Waals surface area contributed by atoms with Crippen molar-refractivity contribution in [3.8, 4) is 11.5 Å². The van der Waals surface area contributed by atoms with Crippen molar-refractivity contribution in [1.82, 2.24) is 10.2 Å². The zero-order chi connectivity index (χ0) is 20.2. The standard InChI is InChI=1S/C22H17N3O3S/c1-22(2)11-14(15-9-6-10-16-17(15)25(22)20(27)18(16)26)12-29-21-24-23-19(28-21)13-7-4-3-5-8-13/h3-11H,12H2,1-2H3. The maximum absolute atomic E-state index is 12.5. The van der Waals surface area contributed by atoms with Crippen LogP contribution < -0.4 is 4.90 Å². The number of ketones is 1. The zero-order valence-electron chi connectivity index (χ0n) is 15.9. The molecule has 0 saturated carbocycles. The van der Waals surface area contributed by atoms with Crippen molar-refractivity contribution in [2.75, 3.05) is 10.7 Å². The molecule has 0 unspecified atom stereocenters. The minimum Gasteiger partial charge on any atom is -0.411 e. The predicted molar refractivity (Wildman–Crippen MR) is 111 cm³/mol. The molecule has 1 aromatic heterocycles. The quantitative estimate of drug-likeness (QED) is 0.479. The first kappa shape index (κ1) is 17.9. The van der Waals surface area contributed by atoms with Crippen LogP contribution in [-0.4, -0.2) is 33.2 Å². The number of hydrogen-bond donors (Lipinski definition) is 0. The van der Waals surface area contributed by atoms with Crippen LogP contribution in [0.15, 0.2) is 64.2 Å². The lowest BCUT2D eigenvalue weighted by Gasteiger charge is -2.38. The Morgan fingerprint density at radius 2 is 1.76 bits per heavy atom. The molecule has 0 bridgehead atoms. The number of carbonyl (C=O) groups excluding carboxylic acids is 2. The van der Waals surface area contributed by atoms with Crippen molar-refractivity contribution in [2.24, 2.45) is 0 Å². The molecule has 0 aliphatic carbocycles. The van der Waals surface area contributed by atoms with E-state index in [4.69, 9.17) is 4.42 Å². The third kappa shape index (κ3) is 2.81. The van der Waals surface area contributed by atoms with E-state index in [-0.39, 0.29) is 0 Å². The van der Waals surface area contributed by atoms with Crippen LogP contribution >= 0.6 is 11.8 Å². The Morgan fingerprint density at radius 3 is 2.55 bits per heavy atom. The van der Waals surface area contributed by atoms with E-state index in [9.17, 15) is 9.59 Å². The van der Waals surface area contributed by atoms with Crippen LogP contribution in [0.4, 0.5) is 5.69 Å². The topological polar surface area (TPSA) is 76.3 Å². The maximum atomic E-state index is 12.5. The third-order valence-electron chi connectivity index (χ3n) is 5.13. The van der Waals surface area contributed by atoms with Crippen molar-refractivity contribution in [1.29, 1.82) is 0 Å². The molecule has 7 heteroatoms. The van der Waals surface area contributed by atoms with Gasteiger partial charge in [0, 0.05) is 16.9 Å². The lowest BCUT2D eigenvalue weighted by molar-refractivity contribution is -0.115. The average molecular weight is 403 g/mol. The molecule has 0 saturated heterocycles. The highest BCUT2D eigenvalue weighted by atomic mass is 32.2. The summed E-state index contributed by atoms with van der Waals surface area (Å²) in [7, 11) is 0. The van der Waals surface area contributed by atoms with Crippen LogP contribution in [0.5, 0.6) is 0 Å². The number of anilines is 1. The van der Waals surface area contributed by atoms with E-state index in [2.05, 4.69) is 10.2 Å². The van der Waals surface area contributed by atoms with Crippen LogP contribution in [0, 0.1) is 0 Å². The predicted octanol–water partition coefficient (Wildman–Crippen LogP) is 4.23. The van der Waals surface area contributed by atoms with Crippen molar-refractivity contribution >= 4 is 34.7 Å². The molecule has 3 aromatic rings. The molecule has 0 spiro atoms. The van der Waals surface area contributed by atoms with E-state index in [1.54, 1.807) is 11.0 Å². The molecule has 6 nitrogen and oxygen atoms in total. The van der Waals surface area contributed by atoms with Gasteiger partial charge in [0.2, 0.25) is 5.89 Å². The van der Waals surface area contributed by atoms with Gasteiger partial charge in [0.05, 0.1) is 16.8 Å². The van der Waals surface area contributed by atoms with Crippen molar-refractivity contribution < 1.29 is 14.0 Å². The third-order valence-corrected chi connectivity index (χ3v) is 6.00. The Balaban J connectivity index is 1.45. The molecule has 29 heavy (non-hydrogen) atoms. The second-order valence-corrected chi connectivity index (χ2v) is 8.45. The largest absolute Gasteiger partial charge is 0.411 e. The molecule has 144 valence electrons. The van der Waals surface area contributed by atoms with Gasteiger partial charge in [0.15, 0.2) is 0 Å². The normalized spacial score (nSPS) is 16.8. The number of hydrogen-bond acceptors (Lipinski definition) is 6. The lowest BCUT2D eigenvalue weighted by Crippen LogP contribution is -2.47. The number of carbonyl (C=O) groups is 2. The molecular weight excluding hydrogens is 386 g/mol. The summed E-state index contributed by atoms with van der Waals surface area (Å²) in [4.78, 5) is 26.5. The summed E-state index contributed by atoms with van der Waals surface area (Å²) >= 11 is 1.44. The second kappa shape index (κ2) is 6.42. The van der Waals surface area contributed by atoms with Crippen molar-refractivity contribution in [3.05, 3.63) is 65.7 Å². The van der Waals surface area contributed by atoms with E-state index >= 15 is 0 Å². The SMILES string of the molecule is CC1(C)C=C(CSc2nnc(-c3ccccc3)o2)c2cccc3c2N1C(=O)C3=O. The molecule has 0 radical (unpaired) electrons. The van der Waals surface area contributed by atoms with Gasteiger partial charge in [-0.3, -0.25) is 14.5 Å². The summed E-state index contributed by atoms with van der Waals surface area (Å²) < 4.78 is 5.79. The number of para-hydroxylation sites is 1. The minimum atomic E-state index is -0.591.